The molecule has 51 heavy (non-hydrogen) atoms. The van der Waals surface area contributed by atoms with Crippen LogP contribution < -0.4 is 10.6 Å². The number of hydrogen-bond donors (Lipinski definition) is 5. The number of carboxylic acid groups (broad SMARTS) is 3. The van der Waals surface area contributed by atoms with E-state index in [1.807, 2.05) is 32.6 Å². The maximum atomic E-state index is 12.9. The summed E-state index contributed by atoms with van der Waals surface area (Å²) in [6.07, 6.45) is 2.78. The quantitative estimate of drug-likeness (QED) is 0.0820. The number of aliphatic carboxylic acids is 3. The Balaban J connectivity index is 2.57. The topological polar surface area (TPSA) is 211 Å². The zero-order valence-electron chi connectivity index (χ0n) is 31.5. The third-order valence-electron chi connectivity index (χ3n) is 8.62. The zero-order valence-corrected chi connectivity index (χ0v) is 31.5. The van der Waals surface area contributed by atoms with Gasteiger partial charge in [-0.15, -0.1) is 0 Å². The lowest BCUT2D eigenvalue weighted by molar-refractivity contribution is -0.140. The molecule has 0 aromatic carbocycles. The van der Waals surface area contributed by atoms with Gasteiger partial charge in [0.2, 0.25) is 11.8 Å². The molecule has 1 rings (SSSR count). The van der Waals surface area contributed by atoms with Crippen molar-refractivity contribution in [3.63, 3.8) is 0 Å². The number of nitrogens with one attached hydrogen (secondary N) is 2. The summed E-state index contributed by atoms with van der Waals surface area (Å²) in [6, 6.07) is 0. The smallest absolute Gasteiger partial charge is 0.317 e. The van der Waals surface area contributed by atoms with E-state index in [0.717, 1.165) is 12.8 Å². The minimum absolute atomic E-state index is 0.0279. The van der Waals surface area contributed by atoms with Gasteiger partial charge < -0.3 is 40.2 Å². The predicted octanol–water partition coefficient (Wildman–Crippen LogP) is -0.118. The summed E-state index contributed by atoms with van der Waals surface area (Å²) >= 11 is 0. The van der Waals surface area contributed by atoms with Crippen molar-refractivity contribution < 1.29 is 53.5 Å². The van der Waals surface area contributed by atoms with Crippen LogP contribution in [0.5, 0.6) is 0 Å². The summed E-state index contributed by atoms with van der Waals surface area (Å²) in [5, 5.41) is 33.8. The monoisotopic (exact) mass is 732 g/mol. The molecule has 0 spiro atoms. The highest BCUT2D eigenvalue weighted by Gasteiger charge is 2.26. The van der Waals surface area contributed by atoms with Gasteiger partial charge in [0.1, 0.15) is 0 Å². The van der Waals surface area contributed by atoms with Crippen LogP contribution in [-0.4, -0.2) is 194 Å². The Labute approximate surface area is 302 Å². The molecular weight excluding hydrogens is 668 g/mol. The highest BCUT2D eigenvalue weighted by atomic mass is 16.5. The molecule has 1 atom stereocenters. The number of amides is 2. The van der Waals surface area contributed by atoms with Gasteiger partial charge in [0.25, 0.3) is 0 Å². The van der Waals surface area contributed by atoms with Crippen molar-refractivity contribution in [1.82, 2.24) is 30.2 Å². The van der Waals surface area contributed by atoms with E-state index >= 15 is 0 Å². The molecule has 0 aromatic rings. The summed E-state index contributed by atoms with van der Waals surface area (Å²) in [5.74, 6) is -3.25. The van der Waals surface area contributed by atoms with E-state index in [1.54, 1.807) is 14.7 Å². The van der Waals surface area contributed by atoms with Gasteiger partial charge in [0.15, 0.2) is 0 Å². The molecule has 0 saturated carbocycles. The lowest BCUT2D eigenvalue weighted by Gasteiger charge is -2.32. The minimum Gasteiger partial charge on any atom is -0.480 e. The van der Waals surface area contributed by atoms with Gasteiger partial charge in [-0.05, 0) is 40.0 Å². The Morgan fingerprint density at radius 3 is 1.47 bits per heavy atom. The zero-order chi connectivity index (χ0) is 38.3. The molecule has 0 aromatic heterocycles. The Kier molecular flexibility index (Phi) is 22.7. The van der Waals surface area contributed by atoms with Crippen molar-refractivity contribution >= 4 is 29.7 Å². The maximum absolute atomic E-state index is 12.9. The number of carboxylic acids is 3. The first-order valence-corrected chi connectivity index (χ1v) is 18.0. The van der Waals surface area contributed by atoms with Crippen molar-refractivity contribution in [2.24, 2.45) is 0 Å². The third kappa shape index (κ3) is 23.3. The Bertz CT molecular complexity index is 1030. The van der Waals surface area contributed by atoms with Crippen LogP contribution in [0.3, 0.4) is 0 Å². The Hall–Kier alpha value is -2.93. The van der Waals surface area contributed by atoms with E-state index in [1.165, 1.54) is 0 Å². The number of rotatable bonds is 24. The molecule has 1 unspecified atom stereocenters. The molecule has 0 radical (unpaired) electrons. The SMILES string of the molecule is CCCC(=O)NCCOC(C)(CC)CCOC(C)(C)COCCNC(=O)CN1CCN(CC(=O)O)CCN(CC(=O)O)CCN(CC(=O)O)CC1. The molecule has 5 N–H and O–H groups in total. The van der Waals surface area contributed by atoms with Crippen LogP contribution in [-0.2, 0) is 38.2 Å². The van der Waals surface area contributed by atoms with Gasteiger partial charge in [-0.25, -0.2) is 0 Å². The van der Waals surface area contributed by atoms with Crippen LogP contribution in [0.2, 0.25) is 0 Å². The molecule has 1 saturated heterocycles. The lowest BCUT2D eigenvalue weighted by Crippen LogP contribution is -2.50. The van der Waals surface area contributed by atoms with Crippen LogP contribution in [0.4, 0.5) is 0 Å². The molecule has 17 heteroatoms. The molecule has 17 nitrogen and oxygen atoms in total. The van der Waals surface area contributed by atoms with Crippen LogP contribution in [0.25, 0.3) is 0 Å². The van der Waals surface area contributed by atoms with E-state index in [4.69, 9.17) is 14.2 Å². The number of nitrogens with zero attached hydrogens (tertiary/aromatic N) is 4. The summed E-state index contributed by atoms with van der Waals surface area (Å²) in [5.41, 5.74) is -0.952. The number of carbonyl (C=O) groups excluding carboxylic acids is 2. The highest BCUT2D eigenvalue weighted by Crippen LogP contribution is 2.21. The normalized spacial score (nSPS) is 17.5. The van der Waals surface area contributed by atoms with Gasteiger partial charge in [-0.3, -0.25) is 43.6 Å². The van der Waals surface area contributed by atoms with Crippen LogP contribution in [0, 0.1) is 0 Å². The molecule has 296 valence electrons. The summed E-state index contributed by atoms with van der Waals surface area (Å²) < 4.78 is 18.0. The van der Waals surface area contributed by atoms with E-state index in [-0.39, 0.29) is 56.7 Å². The van der Waals surface area contributed by atoms with Gasteiger partial charge >= 0.3 is 17.9 Å². The van der Waals surface area contributed by atoms with Gasteiger partial charge in [-0.1, -0.05) is 13.8 Å². The van der Waals surface area contributed by atoms with E-state index < -0.39 is 23.5 Å². The summed E-state index contributed by atoms with van der Waals surface area (Å²) in [4.78, 5) is 65.9. The lowest BCUT2D eigenvalue weighted by atomic mass is 9.99. The van der Waals surface area contributed by atoms with Crippen molar-refractivity contribution in [1.29, 1.82) is 0 Å². The Morgan fingerprint density at radius 2 is 1.04 bits per heavy atom. The largest absolute Gasteiger partial charge is 0.480 e. The molecule has 0 bridgehead atoms. The van der Waals surface area contributed by atoms with Crippen LogP contribution >= 0.6 is 0 Å². The Morgan fingerprint density at radius 1 is 0.608 bits per heavy atom. The average molecular weight is 733 g/mol. The first kappa shape index (κ1) is 46.1. The maximum Gasteiger partial charge on any atom is 0.317 e. The van der Waals surface area contributed by atoms with Gasteiger partial charge in [-0.2, -0.15) is 0 Å². The van der Waals surface area contributed by atoms with E-state index in [2.05, 4.69) is 17.6 Å². The van der Waals surface area contributed by atoms with Gasteiger partial charge in [0, 0.05) is 71.9 Å². The molecular formula is C34H64N6O11. The molecule has 1 aliphatic heterocycles. The third-order valence-corrected chi connectivity index (χ3v) is 8.62. The fourth-order valence-electron chi connectivity index (χ4n) is 5.36. The number of carbonyl (C=O) groups is 5. The standard InChI is InChI=1S/C34H64N6O11/c1-6-8-28(41)35-11-22-51-34(5,7-2)9-20-50-33(3,4)27-49-21-10-36-29(42)23-37-12-14-38(24-30(43)44)16-18-40(26-32(47)48)19-17-39(15-13-37)25-31(45)46/h6-27H2,1-5H3,(H,35,41)(H,36,42)(H,43,44)(H,45,46)(H,47,48). The second-order valence-corrected chi connectivity index (χ2v) is 13.8. The van der Waals surface area contributed by atoms with E-state index in [0.29, 0.717) is 91.6 Å². The van der Waals surface area contributed by atoms with Crippen LogP contribution in [0.15, 0.2) is 0 Å². The minimum atomic E-state index is -1.02. The number of ether oxygens (including phenoxy) is 3. The predicted molar refractivity (Wildman–Crippen MR) is 190 cm³/mol. The van der Waals surface area contributed by atoms with Crippen molar-refractivity contribution in [3.05, 3.63) is 0 Å². The molecule has 1 aliphatic rings. The fraction of sp³-hybridized carbons (Fsp3) is 0.853. The molecule has 2 amide bonds. The van der Waals surface area contributed by atoms with E-state index in [9.17, 15) is 39.3 Å². The second-order valence-electron chi connectivity index (χ2n) is 13.8. The first-order chi connectivity index (χ1) is 24.1. The van der Waals surface area contributed by atoms with Gasteiger partial charge in [0.05, 0.1) is 63.8 Å². The first-order valence-electron chi connectivity index (χ1n) is 18.0. The molecule has 1 fully saturated rings. The fourth-order valence-corrected chi connectivity index (χ4v) is 5.36. The van der Waals surface area contributed by atoms with Crippen LogP contribution in [0.1, 0.15) is 60.3 Å². The van der Waals surface area contributed by atoms with Crippen molar-refractivity contribution in [2.75, 3.05) is 118 Å². The molecule has 1 heterocycles. The number of hydrogen-bond acceptors (Lipinski definition) is 12. The van der Waals surface area contributed by atoms with Crippen molar-refractivity contribution in [2.45, 2.75) is 71.5 Å². The average Bonchev–Trinajstić information content (AvgIpc) is 3.03. The summed E-state index contributed by atoms with van der Waals surface area (Å²) in [7, 11) is 0. The van der Waals surface area contributed by atoms with Crippen molar-refractivity contribution in [3.8, 4) is 0 Å². The summed E-state index contributed by atoms with van der Waals surface area (Å²) in [6.45, 7) is 14.1. The second kappa shape index (κ2) is 25.1. The molecule has 0 aliphatic carbocycles. The highest BCUT2D eigenvalue weighted by molar-refractivity contribution is 5.78.